The summed E-state index contributed by atoms with van der Waals surface area (Å²) in [5.41, 5.74) is 3.00. The van der Waals surface area contributed by atoms with Crippen molar-refractivity contribution in [2.24, 2.45) is 16.7 Å². The number of hydrogen-bond acceptors (Lipinski definition) is 4. The molecule has 6 nitrogen and oxygen atoms in total. The molecule has 2 bridgehead atoms. The average molecular weight is 438 g/mol. The van der Waals surface area contributed by atoms with Crippen LogP contribution < -0.4 is 4.72 Å². The number of Topliss-reactive ketones (excluding diaryl/α,β-unsaturated/α-hetero) is 1. The van der Waals surface area contributed by atoms with Crippen molar-refractivity contribution in [1.29, 1.82) is 0 Å². The molecule has 2 saturated carbocycles. The van der Waals surface area contributed by atoms with E-state index >= 15 is 0 Å². The number of imidazole rings is 1. The highest BCUT2D eigenvalue weighted by Crippen LogP contribution is 2.64. The zero-order valence-corrected chi connectivity index (χ0v) is 18.9. The van der Waals surface area contributed by atoms with Gasteiger partial charge in [0.2, 0.25) is 10.0 Å². The Balaban J connectivity index is 1.42. The number of fused-ring (bicyclic) bond motifs is 3. The monoisotopic (exact) mass is 437 g/mol. The Hall–Kier alpha value is -2.67. The highest BCUT2D eigenvalue weighted by Gasteiger charge is 2.65. The lowest BCUT2D eigenvalue weighted by molar-refractivity contribution is -0.128. The van der Waals surface area contributed by atoms with Gasteiger partial charge in [-0.05, 0) is 54.9 Å². The molecule has 1 aromatic carbocycles. The zero-order chi connectivity index (χ0) is 22.0. The van der Waals surface area contributed by atoms with Gasteiger partial charge >= 0.3 is 0 Å². The Kier molecular flexibility index (Phi) is 4.35. The Morgan fingerprint density at radius 3 is 2.71 bits per heavy atom. The number of benzene rings is 1. The lowest BCUT2D eigenvalue weighted by Gasteiger charge is -2.36. The number of carbonyl (C=O) groups is 1. The van der Waals surface area contributed by atoms with Gasteiger partial charge in [0.05, 0.1) is 16.9 Å². The zero-order valence-electron chi connectivity index (χ0n) is 18.1. The van der Waals surface area contributed by atoms with Crippen LogP contribution in [0.15, 0.2) is 48.8 Å². The number of hydrogen-bond donors (Lipinski definition) is 1. The van der Waals surface area contributed by atoms with Gasteiger partial charge in [0.1, 0.15) is 11.4 Å². The molecule has 0 radical (unpaired) electrons. The average Bonchev–Trinajstić information content (AvgIpc) is 3.27. The van der Waals surface area contributed by atoms with Crippen molar-refractivity contribution in [3.63, 3.8) is 0 Å². The molecule has 0 saturated heterocycles. The number of ketones is 1. The summed E-state index contributed by atoms with van der Waals surface area (Å²) < 4.78 is 30.9. The number of sulfonamides is 1. The maximum atomic E-state index is 13.1. The second kappa shape index (κ2) is 6.66. The summed E-state index contributed by atoms with van der Waals surface area (Å²) in [6.07, 6.45) is 6.04. The minimum atomic E-state index is -3.69. The standard InChI is InChI=1S/C24H27N3O3S/c1-16-7-8-22-25-20(14-27(22)13-16)17-5-4-6-19(11-17)26-31(29,30)15-24-10-9-18(12-21(24)28)23(24,2)3/h4-8,11,13-14,18,26H,9-10,12,15H2,1-3H3. The third kappa shape index (κ3) is 3.17. The Labute approximate surface area is 182 Å². The second-order valence-corrected chi connectivity index (χ2v) is 11.4. The van der Waals surface area contributed by atoms with Crippen LogP contribution >= 0.6 is 0 Å². The van der Waals surface area contributed by atoms with Gasteiger partial charge in [0.15, 0.2) is 0 Å². The number of carbonyl (C=O) groups excluding carboxylic acids is 1. The highest BCUT2D eigenvalue weighted by atomic mass is 32.2. The van der Waals surface area contributed by atoms with E-state index in [9.17, 15) is 13.2 Å². The minimum Gasteiger partial charge on any atom is -0.306 e. The molecule has 2 atom stereocenters. The molecule has 0 spiro atoms. The number of pyridine rings is 1. The van der Waals surface area contributed by atoms with E-state index in [0.29, 0.717) is 18.5 Å². The van der Waals surface area contributed by atoms with Gasteiger partial charge in [-0.25, -0.2) is 13.4 Å². The van der Waals surface area contributed by atoms with Gasteiger partial charge in [-0.2, -0.15) is 0 Å². The summed E-state index contributed by atoms with van der Waals surface area (Å²) in [5, 5.41) is 0. The maximum Gasteiger partial charge on any atom is 0.233 e. The first-order chi connectivity index (χ1) is 14.6. The first-order valence-electron chi connectivity index (χ1n) is 10.7. The van der Waals surface area contributed by atoms with Crippen LogP contribution in [-0.4, -0.2) is 29.3 Å². The Morgan fingerprint density at radius 1 is 1.19 bits per heavy atom. The van der Waals surface area contributed by atoms with Gasteiger partial charge in [-0.15, -0.1) is 0 Å². The molecule has 2 aliphatic rings. The summed E-state index contributed by atoms with van der Waals surface area (Å²) in [5.74, 6) is 0.241. The fraction of sp³-hybridized carbons (Fsp3) is 0.417. The first kappa shape index (κ1) is 20.2. The number of anilines is 1. The molecule has 31 heavy (non-hydrogen) atoms. The molecule has 2 heterocycles. The van der Waals surface area contributed by atoms with Crippen molar-refractivity contribution in [3.8, 4) is 11.3 Å². The van der Waals surface area contributed by atoms with Crippen LogP contribution in [0.4, 0.5) is 5.69 Å². The van der Waals surface area contributed by atoms with E-state index in [1.807, 2.05) is 48.0 Å². The van der Waals surface area contributed by atoms with Crippen LogP contribution in [0.1, 0.15) is 38.7 Å². The fourth-order valence-corrected chi connectivity index (χ4v) is 7.52. The molecule has 2 aliphatic carbocycles. The van der Waals surface area contributed by atoms with Crippen LogP contribution in [0.25, 0.3) is 16.9 Å². The molecule has 0 amide bonds. The topological polar surface area (TPSA) is 80.5 Å². The van der Waals surface area contributed by atoms with Crippen LogP contribution in [0.2, 0.25) is 0 Å². The minimum absolute atomic E-state index is 0.105. The number of aromatic nitrogens is 2. The largest absolute Gasteiger partial charge is 0.306 e. The van der Waals surface area contributed by atoms with Crippen LogP contribution in [0.3, 0.4) is 0 Å². The third-order valence-corrected chi connectivity index (χ3v) is 9.03. The SMILES string of the molecule is Cc1ccc2nc(-c3cccc(NS(=O)(=O)CC45CCC(CC4=O)C5(C)C)c3)cn2c1. The number of nitrogens with one attached hydrogen (secondary N) is 1. The molecule has 1 N–H and O–H groups in total. The van der Waals surface area contributed by atoms with Crippen molar-refractivity contribution >= 4 is 27.1 Å². The van der Waals surface area contributed by atoms with Crippen LogP contribution in [-0.2, 0) is 14.8 Å². The lowest BCUT2D eigenvalue weighted by Crippen LogP contribution is -2.43. The summed E-state index contributed by atoms with van der Waals surface area (Å²) in [7, 11) is -3.69. The van der Waals surface area contributed by atoms with Crippen molar-refractivity contribution < 1.29 is 13.2 Å². The fourth-order valence-electron chi connectivity index (χ4n) is 5.63. The van der Waals surface area contributed by atoms with E-state index in [0.717, 1.165) is 28.9 Å². The first-order valence-corrected chi connectivity index (χ1v) is 12.3. The van der Waals surface area contributed by atoms with E-state index in [-0.39, 0.29) is 22.9 Å². The summed E-state index contributed by atoms with van der Waals surface area (Å²) in [6, 6.07) is 11.2. The van der Waals surface area contributed by atoms with Gasteiger partial charge in [0.25, 0.3) is 0 Å². The molecule has 162 valence electrons. The predicted octanol–water partition coefficient (Wildman–Crippen LogP) is 4.45. The van der Waals surface area contributed by atoms with Crippen LogP contribution in [0, 0.1) is 23.7 Å². The van der Waals surface area contributed by atoms with E-state index in [4.69, 9.17) is 0 Å². The highest BCUT2D eigenvalue weighted by molar-refractivity contribution is 7.92. The lowest BCUT2D eigenvalue weighted by atomic mass is 9.70. The van der Waals surface area contributed by atoms with E-state index < -0.39 is 15.4 Å². The van der Waals surface area contributed by atoms with Crippen molar-refractivity contribution in [1.82, 2.24) is 9.38 Å². The summed E-state index contributed by atoms with van der Waals surface area (Å²) in [6.45, 7) is 6.13. The van der Waals surface area contributed by atoms with Crippen molar-refractivity contribution in [2.45, 2.75) is 40.0 Å². The van der Waals surface area contributed by atoms with Crippen molar-refractivity contribution in [3.05, 3.63) is 54.4 Å². The molecule has 2 aromatic heterocycles. The molecule has 0 aliphatic heterocycles. The number of nitrogens with zero attached hydrogens (tertiary/aromatic N) is 2. The van der Waals surface area contributed by atoms with E-state index in [1.54, 1.807) is 12.1 Å². The molecular weight excluding hydrogens is 410 g/mol. The van der Waals surface area contributed by atoms with E-state index in [2.05, 4.69) is 23.6 Å². The normalized spacial score (nSPS) is 24.7. The molecular formula is C24H27N3O3S. The molecule has 2 unspecified atom stereocenters. The summed E-state index contributed by atoms with van der Waals surface area (Å²) in [4.78, 5) is 17.4. The smallest absolute Gasteiger partial charge is 0.233 e. The Bertz CT molecular complexity index is 1310. The number of rotatable bonds is 5. The van der Waals surface area contributed by atoms with Gasteiger partial charge in [-0.1, -0.05) is 32.0 Å². The van der Waals surface area contributed by atoms with Crippen LogP contribution in [0.5, 0.6) is 0 Å². The second-order valence-electron chi connectivity index (χ2n) is 9.71. The quantitative estimate of drug-likeness (QED) is 0.640. The molecule has 2 fully saturated rings. The molecule has 5 rings (SSSR count). The third-order valence-electron chi connectivity index (χ3n) is 7.61. The van der Waals surface area contributed by atoms with Gasteiger partial charge in [-0.3, -0.25) is 9.52 Å². The maximum absolute atomic E-state index is 13.1. The molecule has 7 heteroatoms. The van der Waals surface area contributed by atoms with Gasteiger partial charge < -0.3 is 4.40 Å². The predicted molar refractivity (Wildman–Crippen MR) is 121 cm³/mol. The number of aryl methyl sites for hydroxylation is 1. The Morgan fingerprint density at radius 2 is 2.00 bits per heavy atom. The molecule has 3 aromatic rings. The van der Waals surface area contributed by atoms with E-state index in [1.165, 1.54) is 0 Å². The van der Waals surface area contributed by atoms with Crippen molar-refractivity contribution in [2.75, 3.05) is 10.5 Å². The summed E-state index contributed by atoms with van der Waals surface area (Å²) >= 11 is 0. The van der Waals surface area contributed by atoms with Gasteiger partial charge in [0, 0.05) is 30.1 Å².